The summed E-state index contributed by atoms with van der Waals surface area (Å²) in [5.41, 5.74) is -0.862. The van der Waals surface area contributed by atoms with Crippen molar-refractivity contribution >= 4 is 11.9 Å². The number of aliphatic carboxylic acids is 1. The van der Waals surface area contributed by atoms with Crippen molar-refractivity contribution in [1.29, 1.82) is 0 Å². The standard InChI is InChI=1S/C48H76O18/c1-21-28(50)30(52)32(54)39(61-21)64-36-34(56)37(38(58)59)65-41(35(36)57)63-27-12-13-45(6)25(44(27,4)5)11-14-47(8)26(45)10-9-22-23-19-43(2,3)15-17-48(23,18-16-46(22,47)7)42(60)66-40-33(55)31(53)29(51)24(20-49)62-40/h9,21,23-37,39-41,49-57H,10-20H2,1-8H3,(H,58,59)/t21-,23-,24+,25-,26+,27+,28-,29+,30+,31-,32+,33+,34-,35+,36-,37-,39-,40-,41+,45-,46+,47+,48-/m0/s1. The fourth-order valence-corrected chi connectivity index (χ4v) is 15.0. The highest BCUT2D eigenvalue weighted by Gasteiger charge is 2.70. The van der Waals surface area contributed by atoms with Crippen molar-refractivity contribution in [3.63, 3.8) is 0 Å². The van der Waals surface area contributed by atoms with E-state index in [4.69, 9.17) is 28.4 Å². The van der Waals surface area contributed by atoms with Crippen LogP contribution in [-0.2, 0) is 38.0 Å². The molecule has 3 aliphatic heterocycles. The number of hydrogen-bond acceptors (Lipinski definition) is 17. The summed E-state index contributed by atoms with van der Waals surface area (Å²) < 4.78 is 35.4. The van der Waals surface area contributed by atoms with E-state index < -0.39 is 128 Å². The minimum absolute atomic E-state index is 0.0691. The molecule has 5 aliphatic carbocycles. The number of carboxylic acid groups (broad SMARTS) is 1. The Morgan fingerprint density at radius 2 is 1.32 bits per heavy atom. The van der Waals surface area contributed by atoms with Gasteiger partial charge in [0.2, 0.25) is 6.29 Å². The Hall–Kier alpha value is -1.88. The maximum absolute atomic E-state index is 14.7. The van der Waals surface area contributed by atoms with Gasteiger partial charge in [0.1, 0.15) is 61.0 Å². The Kier molecular flexibility index (Phi) is 13.4. The summed E-state index contributed by atoms with van der Waals surface area (Å²) in [5.74, 6) is -1.81. The molecule has 0 radical (unpaired) electrons. The van der Waals surface area contributed by atoms with Crippen LogP contribution in [0.15, 0.2) is 11.6 Å². The number of hydrogen-bond donors (Lipinski definition) is 10. The van der Waals surface area contributed by atoms with Crippen molar-refractivity contribution in [3.05, 3.63) is 11.6 Å². The van der Waals surface area contributed by atoms with Crippen molar-refractivity contribution in [1.82, 2.24) is 0 Å². The predicted octanol–water partition coefficient (Wildman–Crippen LogP) is 1.26. The van der Waals surface area contributed by atoms with Crippen LogP contribution >= 0.6 is 0 Å². The summed E-state index contributed by atoms with van der Waals surface area (Å²) in [5, 5.41) is 106. The van der Waals surface area contributed by atoms with Gasteiger partial charge in [0, 0.05) is 0 Å². The van der Waals surface area contributed by atoms with Crippen LogP contribution in [0, 0.1) is 50.2 Å². The Labute approximate surface area is 386 Å². The van der Waals surface area contributed by atoms with Gasteiger partial charge in [0.25, 0.3) is 0 Å². The van der Waals surface area contributed by atoms with Gasteiger partial charge in [-0.2, -0.15) is 0 Å². The normalized spacial score (nSPS) is 53.2. The van der Waals surface area contributed by atoms with Gasteiger partial charge in [0.05, 0.1) is 24.2 Å². The monoisotopic (exact) mass is 941 g/mol. The van der Waals surface area contributed by atoms with Gasteiger partial charge in [0.15, 0.2) is 18.7 Å². The molecule has 0 aromatic heterocycles. The van der Waals surface area contributed by atoms with E-state index in [0.29, 0.717) is 19.3 Å². The lowest BCUT2D eigenvalue weighted by Gasteiger charge is -2.71. The Morgan fingerprint density at radius 1 is 0.682 bits per heavy atom. The second kappa shape index (κ2) is 17.5. The number of fused-ring (bicyclic) bond motifs is 7. The van der Waals surface area contributed by atoms with E-state index in [2.05, 4.69) is 54.5 Å². The van der Waals surface area contributed by atoms with Gasteiger partial charge in [-0.1, -0.05) is 60.1 Å². The molecule has 8 aliphatic rings. The van der Waals surface area contributed by atoms with E-state index in [0.717, 1.165) is 44.9 Å². The molecule has 0 amide bonds. The van der Waals surface area contributed by atoms with Crippen LogP contribution in [0.1, 0.15) is 120 Å². The third kappa shape index (κ3) is 7.74. The molecule has 18 nitrogen and oxygen atoms in total. The SMILES string of the molecule is C[C@@H]1O[C@@H](O[C@@H]2[C@@H](O)[C@H](O[C@@H]3CC[C@]4(C)[C@H]5CC=C6[C@@H]7CC(C)(C)CC[C@]7(C(=O)O[C@@H]7O[C@H](CO)[C@@H](O)[C@H](O)[C@H]7O)CC[C@@]6(C)[C@]5(C)CC[C@H]4C3(C)C)O[C@H](C(=O)O)[C@H]2O)[C@H](O)[C@H](O)[C@H]1O. The summed E-state index contributed by atoms with van der Waals surface area (Å²) in [6.45, 7) is 16.7. The van der Waals surface area contributed by atoms with Crippen LogP contribution in [0.4, 0.5) is 0 Å². The maximum Gasteiger partial charge on any atom is 0.335 e. The number of esters is 1. The zero-order chi connectivity index (χ0) is 48.4. The number of carbonyl (C=O) groups is 2. The topological polar surface area (TPSA) is 292 Å². The molecule has 23 atom stereocenters. The van der Waals surface area contributed by atoms with Crippen LogP contribution in [0.3, 0.4) is 0 Å². The lowest BCUT2D eigenvalue weighted by Crippen LogP contribution is -2.67. The molecule has 7 fully saturated rings. The van der Waals surface area contributed by atoms with Crippen LogP contribution in [0.5, 0.6) is 0 Å². The zero-order valence-corrected chi connectivity index (χ0v) is 39.6. The van der Waals surface area contributed by atoms with E-state index >= 15 is 0 Å². The molecule has 0 unspecified atom stereocenters. The molecule has 18 heteroatoms. The van der Waals surface area contributed by atoms with E-state index in [1.807, 2.05) is 0 Å². The third-order valence-electron chi connectivity index (χ3n) is 19.2. The van der Waals surface area contributed by atoms with Crippen molar-refractivity contribution in [3.8, 4) is 0 Å². The van der Waals surface area contributed by atoms with Crippen LogP contribution in [0.2, 0.25) is 0 Å². The first-order valence-corrected chi connectivity index (χ1v) is 24.2. The molecule has 376 valence electrons. The number of aliphatic hydroxyl groups excluding tert-OH is 9. The number of rotatable bonds is 8. The molecule has 0 bridgehead atoms. The molecule has 3 heterocycles. The highest BCUT2D eigenvalue weighted by molar-refractivity contribution is 5.79. The lowest BCUT2D eigenvalue weighted by molar-refractivity contribution is -0.363. The van der Waals surface area contributed by atoms with Crippen molar-refractivity contribution in [2.75, 3.05) is 6.61 Å². The fourth-order valence-electron chi connectivity index (χ4n) is 15.0. The minimum atomic E-state index is -1.91. The Bertz CT molecular complexity index is 1860. The zero-order valence-electron chi connectivity index (χ0n) is 39.6. The van der Waals surface area contributed by atoms with Gasteiger partial charge in [-0.25, -0.2) is 4.79 Å². The second-order valence-corrected chi connectivity index (χ2v) is 23.5. The van der Waals surface area contributed by atoms with Gasteiger partial charge >= 0.3 is 11.9 Å². The Balaban J connectivity index is 1.03. The van der Waals surface area contributed by atoms with E-state index in [9.17, 15) is 60.7 Å². The van der Waals surface area contributed by atoms with Gasteiger partial charge in [-0.15, -0.1) is 0 Å². The Morgan fingerprint density at radius 3 is 1.98 bits per heavy atom. The third-order valence-corrected chi connectivity index (χ3v) is 19.2. The molecule has 4 saturated carbocycles. The fraction of sp³-hybridized carbons (Fsp3) is 0.917. The molecule has 3 saturated heterocycles. The molecule has 8 rings (SSSR count). The van der Waals surface area contributed by atoms with Crippen LogP contribution in [0.25, 0.3) is 0 Å². The summed E-state index contributed by atoms with van der Waals surface area (Å²) in [6.07, 6.45) is -14.8. The van der Waals surface area contributed by atoms with Gasteiger partial charge < -0.3 is 79.5 Å². The second-order valence-electron chi connectivity index (χ2n) is 23.5. The largest absolute Gasteiger partial charge is 0.479 e. The van der Waals surface area contributed by atoms with Crippen molar-refractivity contribution in [2.45, 2.75) is 218 Å². The van der Waals surface area contributed by atoms with Gasteiger partial charge in [-0.3, -0.25) is 4.79 Å². The first kappa shape index (κ1) is 50.5. The van der Waals surface area contributed by atoms with E-state index in [-0.39, 0.29) is 39.4 Å². The average Bonchev–Trinajstić information content (AvgIpc) is 3.25. The molecular formula is C48H76O18. The highest BCUT2D eigenvalue weighted by Crippen LogP contribution is 2.76. The van der Waals surface area contributed by atoms with E-state index in [1.54, 1.807) is 0 Å². The predicted molar refractivity (Wildman–Crippen MR) is 229 cm³/mol. The van der Waals surface area contributed by atoms with E-state index in [1.165, 1.54) is 12.5 Å². The van der Waals surface area contributed by atoms with Gasteiger partial charge in [-0.05, 0) is 116 Å². The molecule has 66 heavy (non-hydrogen) atoms. The number of allylic oxidation sites excluding steroid dienone is 2. The van der Waals surface area contributed by atoms with Crippen molar-refractivity contribution in [2.24, 2.45) is 50.2 Å². The lowest BCUT2D eigenvalue weighted by atomic mass is 9.33. The number of carbonyl (C=O) groups excluding carboxylic acids is 1. The molecule has 10 N–H and O–H groups in total. The number of carboxylic acids is 1. The number of ether oxygens (including phenoxy) is 6. The quantitative estimate of drug-likeness (QED) is 0.0931. The first-order valence-electron chi connectivity index (χ1n) is 24.2. The molecule has 0 aromatic rings. The van der Waals surface area contributed by atoms with Crippen molar-refractivity contribution < 1.29 is 89.1 Å². The minimum Gasteiger partial charge on any atom is -0.479 e. The highest BCUT2D eigenvalue weighted by atomic mass is 16.7. The summed E-state index contributed by atoms with van der Waals surface area (Å²) in [6, 6.07) is 0. The molecule has 0 spiro atoms. The maximum atomic E-state index is 14.7. The summed E-state index contributed by atoms with van der Waals surface area (Å²) in [4.78, 5) is 27.1. The van der Waals surface area contributed by atoms with Crippen LogP contribution < -0.4 is 0 Å². The summed E-state index contributed by atoms with van der Waals surface area (Å²) >= 11 is 0. The smallest absolute Gasteiger partial charge is 0.335 e. The van der Waals surface area contributed by atoms with Crippen LogP contribution in [-0.4, -0.2) is 168 Å². The molecular weight excluding hydrogens is 865 g/mol. The molecule has 0 aromatic carbocycles. The average molecular weight is 941 g/mol. The summed E-state index contributed by atoms with van der Waals surface area (Å²) in [7, 11) is 0. The first-order chi connectivity index (χ1) is 30.7. The number of aliphatic hydroxyl groups is 9.